The van der Waals surface area contributed by atoms with Crippen LogP contribution in [-0.2, 0) is 11.4 Å². The molecule has 0 unspecified atom stereocenters. The van der Waals surface area contributed by atoms with Gasteiger partial charge in [0, 0.05) is 18.7 Å². The van der Waals surface area contributed by atoms with Gasteiger partial charge in [-0.3, -0.25) is 4.79 Å². The van der Waals surface area contributed by atoms with Crippen molar-refractivity contribution in [3.05, 3.63) is 47.5 Å². The minimum Gasteiger partial charge on any atom is -0.493 e. The van der Waals surface area contributed by atoms with Crippen molar-refractivity contribution in [3.63, 3.8) is 0 Å². The molecule has 0 aromatic heterocycles. The minimum atomic E-state index is 0.189. The van der Waals surface area contributed by atoms with Crippen LogP contribution in [0.2, 0.25) is 0 Å². The molecule has 1 saturated heterocycles. The van der Waals surface area contributed by atoms with Gasteiger partial charge in [0.05, 0.1) is 14.2 Å². The number of anilines is 1. The van der Waals surface area contributed by atoms with Gasteiger partial charge in [-0.05, 0) is 60.9 Å². The van der Waals surface area contributed by atoms with E-state index in [4.69, 9.17) is 14.2 Å². The van der Waals surface area contributed by atoms with Crippen LogP contribution >= 0.6 is 0 Å². The number of ether oxygens (including phenoxy) is 3. The molecule has 132 valence electrons. The van der Waals surface area contributed by atoms with Crippen molar-refractivity contribution < 1.29 is 19.0 Å². The Labute approximate surface area is 148 Å². The minimum absolute atomic E-state index is 0.189. The van der Waals surface area contributed by atoms with Crippen molar-refractivity contribution in [1.82, 2.24) is 0 Å². The maximum atomic E-state index is 11.8. The highest BCUT2D eigenvalue weighted by Gasteiger charge is 2.21. The first-order valence-electron chi connectivity index (χ1n) is 8.37. The molecule has 5 nitrogen and oxygen atoms in total. The molecular weight excluding hydrogens is 318 g/mol. The van der Waals surface area contributed by atoms with Gasteiger partial charge in [-0.2, -0.15) is 0 Å². The Kier molecular flexibility index (Phi) is 5.12. The van der Waals surface area contributed by atoms with Crippen LogP contribution in [0.15, 0.2) is 36.4 Å². The van der Waals surface area contributed by atoms with Gasteiger partial charge < -0.3 is 19.1 Å². The molecule has 1 amide bonds. The second kappa shape index (κ2) is 7.47. The summed E-state index contributed by atoms with van der Waals surface area (Å²) < 4.78 is 16.5. The van der Waals surface area contributed by atoms with Crippen molar-refractivity contribution in [2.45, 2.75) is 26.4 Å². The lowest BCUT2D eigenvalue weighted by atomic mass is 10.1. The molecular formula is C20H23NO4. The zero-order valence-electron chi connectivity index (χ0n) is 14.9. The van der Waals surface area contributed by atoms with E-state index in [1.54, 1.807) is 14.2 Å². The molecule has 2 aromatic carbocycles. The molecule has 3 rings (SSSR count). The number of hydrogen-bond donors (Lipinski definition) is 0. The lowest BCUT2D eigenvalue weighted by molar-refractivity contribution is -0.117. The van der Waals surface area contributed by atoms with Crippen molar-refractivity contribution in [2.24, 2.45) is 0 Å². The number of carbonyl (C=O) groups excluding carboxylic acids is 1. The quantitative estimate of drug-likeness (QED) is 0.803. The Balaban J connectivity index is 1.68. The lowest BCUT2D eigenvalue weighted by Gasteiger charge is -2.16. The first-order chi connectivity index (χ1) is 12.1. The number of methoxy groups -OCH3 is 2. The van der Waals surface area contributed by atoms with Crippen LogP contribution in [0.4, 0.5) is 5.69 Å². The molecule has 1 aliphatic rings. The SMILES string of the molecule is COc1cc(C)c(COc2ccc(N3CCCC3=O)cc2)cc1OC. The van der Waals surface area contributed by atoms with Crippen molar-refractivity contribution in [3.8, 4) is 17.2 Å². The number of amides is 1. The second-order valence-corrected chi connectivity index (χ2v) is 6.07. The molecule has 2 aromatic rings. The van der Waals surface area contributed by atoms with E-state index in [1.165, 1.54) is 0 Å². The summed E-state index contributed by atoms with van der Waals surface area (Å²) in [7, 11) is 3.25. The van der Waals surface area contributed by atoms with Gasteiger partial charge in [-0.15, -0.1) is 0 Å². The van der Waals surface area contributed by atoms with Crippen LogP contribution in [0.3, 0.4) is 0 Å². The monoisotopic (exact) mass is 341 g/mol. The van der Waals surface area contributed by atoms with E-state index in [1.807, 2.05) is 48.2 Å². The van der Waals surface area contributed by atoms with Gasteiger partial charge in [0.1, 0.15) is 12.4 Å². The van der Waals surface area contributed by atoms with Crippen molar-refractivity contribution in [2.75, 3.05) is 25.7 Å². The Hall–Kier alpha value is -2.69. The first kappa shape index (κ1) is 17.1. The Morgan fingerprint density at radius 1 is 1.04 bits per heavy atom. The zero-order valence-corrected chi connectivity index (χ0v) is 14.9. The van der Waals surface area contributed by atoms with Crippen molar-refractivity contribution in [1.29, 1.82) is 0 Å². The summed E-state index contributed by atoms with van der Waals surface area (Å²) >= 11 is 0. The van der Waals surface area contributed by atoms with Crippen LogP contribution in [-0.4, -0.2) is 26.7 Å². The molecule has 0 spiro atoms. The third-order valence-electron chi connectivity index (χ3n) is 4.46. The molecule has 25 heavy (non-hydrogen) atoms. The average Bonchev–Trinajstić information content (AvgIpc) is 3.06. The van der Waals surface area contributed by atoms with Crippen LogP contribution in [0.1, 0.15) is 24.0 Å². The van der Waals surface area contributed by atoms with Crippen LogP contribution in [0, 0.1) is 6.92 Å². The van der Waals surface area contributed by atoms with E-state index in [0.717, 1.165) is 35.5 Å². The summed E-state index contributed by atoms with van der Waals surface area (Å²) in [6.45, 7) is 3.25. The second-order valence-electron chi connectivity index (χ2n) is 6.07. The highest BCUT2D eigenvalue weighted by molar-refractivity contribution is 5.95. The van der Waals surface area contributed by atoms with Crippen LogP contribution in [0.5, 0.6) is 17.2 Å². The largest absolute Gasteiger partial charge is 0.493 e. The molecule has 0 aliphatic carbocycles. The fraction of sp³-hybridized carbons (Fsp3) is 0.350. The average molecular weight is 341 g/mol. The molecule has 0 N–H and O–H groups in total. The molecule has 0 bridgehead atoms. The number of hydrogen-bond acceptors (Lipinski definition) is 4. The van der Waals surface area contributed by atoms with Gasteiger partial charge in [0.2, 0.25) is 5.91 Å². The van der Waals surface area contributed by atoms with Gasteiger partial charge in [-0.1, -0.05) is 0 Å². The standard InChI is InChI=1S/C20H23NO4/c1-14-11-18(23-2)19(24-3)12-15(14)13-25-17-8-6-16(7-9-17)21-10-4-5-20(21)22/h6-9,11-12H,4-5,10,13H2,1-3H3. The van der Waals surface area contributed by atoms with Crippen LogP contribution < -0.4 is 19.1 Å². The molecule has 0 radical (unpaired) electrons. The van der Waals surface area contributed by atoms with Gasteiger partial charge in [0.25, 0.3) is 0 Å². The first-order valence-corrected chi connectivity index (χ1v) is 8.37. The zero-order chi connectivity index (χ0) is 17.8. The molecule has 1 heterocycles. The van der Waals surface area contributed by atoms with E-state index in [9.17, 15) is 4.79 Å². The van der Waals surface area contributed by atoms with E-state index >= 15 is 0 Å². The topological polar surface area (TPSA) is 48.0 Å². The summed E-state index contributed by atoms with van der Waals surface area (Å²) in [4.78, 5) is 13.6. The van der Waals surface area contributed by atoms with Gasteiger partial charge in [-0.25, -0.2) is 0 Å². The maximum Gasteiger partial charge on any atom is 0.227 e. The normalized spacial score (nSPS) is 13.9. The van der Waals surface area contributed by atoms with E-state index in [-0.39, 0.29) is 5.91 Å². The Bertz CT molecular complexity index is 755. The van der Waals surface area contributed by atoms with Crippen LogP contribution in [0.25, 0.3) is 0 Å². The fourth-order valence-electron chi connectivity index (χ4n) is 2.98. The summed E-state index contributed by atoms with van der Waals surface area (Å²) in [5.74, 6) is 2.36. The van der Waals surface area contributed by atoms with E-state index in [2.05, 4.69) is 0 Å². The lowest BCUT2D eigenvalue weighted by Crippen LogP contribution is -2.23. The fourth-order valence-corrected chi connectivity index (χ4v) is 2.98. The van der Waals surface area contributed by atoms with E-state index < -0.39 is 0 Å². The Morgan fingerprint density at radius 3 is 2.32 bits per heavy atom. The molecule has 5 heteroatoms. The molecule has 1 aliphatic heterocycles. The highest BCUT2D eigenvalue weighted by atomic mass is 16.5. The third kappa shape index (κ3) is 3.71. The number of carbonyl (C=O) groups is 1. The number of nitrogens with zero attached hydrogens (tertiary/aromatic N) is 1. The summed E-state index contributed by atoms with van der Waals surface area (Å²) in [5, 5.41) is 0. The predicted molar refractivity (Wildman–Crippen MR) is 96.6 cm³/mol. The third-order valence-corrected chi connectivity index (χ3v) is 4.46. The Morgan fingerprint density at radius 2 is 1.72 bits per heavy atom. The van der Waals surface area contributed by atoms with Crippen molar-refractivity contribution >= 4 is 11.6 Å². The maximum absolute atomic E-state index is 11.8. The highest BCUT2D eigenvalue weighted by Crippen LogP contribution is 2.31. The van der Waals surface area contributed by atoms with Gasteiger partial charge in [0.15, 0.2) is 11.5 Å². The molecule has 0 atom stereocenters. The number of aryl methyl sites for hydroxylation is 1. The van der Waals surface area contributed by atoms with Gasteiger partial charge >= 0.3 is 0 Å². The number of benzene rings is 2. The molecule has 1 fully saturated rings. The smallest absolute Gasteiger partial charge is 0.227 e. The predicted octanol–water partition coefficient (Wildman–Crippen LogP) is 3.72. The number of rotatable bonds is 6. The van der Waals surface area contributed by atoms with E-state index in [0.29, 0.717) is 24.5 Å². The molecule has 0 saturated carbocycles. The summed E-state index contributed by atoms with van der Waals surface area (Å²) in [5.41, 5.74) is 3.05. The summed E-state index contributed by atoms with van der Waals surface area (Å²) in [6.07, 6.45) is 1.56. The summed E-state index contributed by atoms with van der Waals surface area (Å²) in [6, 6.07) is 11.5.